The van der Waals surface area contributed by atoms with Gasteiger partial charge in [0.05, 0.1) is 35.9 Å². The van der Waals surface area contributed by atoms with E-state index in [1.807, 2.05) is 61.5 Å². The van der Waals surface area contributed by atoms with E-state index in [4.69, 9.17) is 4.74 Å². The lowest BCUT2D eigenvalue weighted by Crippen LogP contribution is -2.23. The lowest BCUT2D eigenvalue weighted by Gasteiger charge is -2.17. The van der Waals surface area contributed by atoms with Crippen LogP contribution >= 0.6 is 0 Å². The Hall–Kier alpha value is -2.93. The predicted molar refractivity (Wildman–Crippen MR) is 114 cm³/mol. The molecule has 2 aromatic carbocycles. The second-order valence-electron chi connectivity index (χ2n) is 6.97. The zero-order valence-electron chi connectivity index (χ0n) is 16.4. The molecule has 1 aliphatic rings. The molecule has 0 saturated carbocycles. The van der Waals surface area contributed by atoms with Gasteiger partial charge in [0.1, 0.15) is 11.6 Å². The summed E-state index contributed by atoms with van der Waals surface area (Å²) in [7, 11) is 0.639. The van der Waals surface area contributed by atoms with Crippen molar-refractivity contribution >= 4 is 22.5 Å². The Bertz CT molecular complexity index is 1050. The van der Waals surface area contributed by atoms with Crippen molar-refractivity contribution in [3.05, 3.63) is 71.4 Å². The van der Waals surface area contributed by atoms with Gasteiger partial charge in [0.2, 0.25) is 5.91 Å². The molecule has 4 rings (SSSR count). The molecule has 0 spiro atoms. The lowest BCUT2D eigenvalue weighted by atomic mass is 9.95. The summed E-state index contributed by atoms with van der Waals surface area (Å²) in [5.41, 5.74) is 3.43. The van der Waals surface area contributed by atoms with Crippen molar-refractivity contribution in [3.63, 3.8) is 0 Å². The summed E-state index contributed by atoms with van der Waals surface area (Å²) in [5, 5.41) is 7.73. The Kier molecular flexibility index (Phi) is 5.49. The highest BCUT2D eigenvalue weighted by molar-refractivity contribution is 7.83. The number of rotatable bonds is 6. The smallest absolute Gasteiger partial charge is 0.233 e. The van der Waals surface area contributed by atoms with Crippen LogP contribution in [0.4, 0.5) is 5.82 Å². The Morgan fingerprint density at radius 2 is 1.90 bits per heavy atom. The zero-order valence-corrected chi connectivity index (χ0v) is 17.2. The number of carbonyl (C=O) groups is 1. The highest BCUT2D eigenvalue weighted by atomic mass is 32.2. The second-order valence-corrected chi connectivity index (χ2v) is 8.43. The van der Waals surface area contributed by atoms with E-state index in [9.17, 15) is 9.00 Å². The average Bonchev–Trinajstić information content (AvgIpc) is 3.26. The molecule has 1 aliphatic heterocycles. The summed E-state index contributed by atoms with van der Waals surface area (Å²) in [6.07, 6.45) is 0.681. The number of benzene rings is 2. The Labute approximate surface area is 172 Å². The van der Waals surface area contributed by atoms with E-state index in [0.717, 1.165) is 28.3 Å². The van der Waals surface area contributed by atoms with Gasteiger partial charge in [0.25, 0.3) is 0 Å². The van der Waals surface area contributed by atoms with Crippen molar-refractivity contribution in [1.82, 2.24) is 9.78 Å². The molecular weight excluding hydrogens is 386 g/mol. The maximum absolute atomic E-state index is 13.2. The van der Waals surface area contributed by atoms with Crippen molar-refractivity contribution < 1.29 is 13.7 Å². The third kappa shape index (κ3) is 3.82. The Morgan fingerprint density at radius 1 is 1.17 bits per heavy atom. The summed E-state index contributed by atoms with van der Waals surface area (Å²) in [5.74, 6) is 1.82. The fourth-order valence-electron chi connectivity index (χ4n) is 3.63. The van der Waals surface area contributed by atoms with E-state index in [1.165, 1.54) is 0 Å². The van der Waals surface area contributed by atoms with E-state index >= 15 is 0 Å². The van der Waals surface area contributed by atoms with E-state index in [0.29, 0.717) is 23.7 Å². The first-order valence-electron chi connectivity index (χ1n) is 9.56. The van der Waals surface area contributed by atoms with Gasteiger partial charge in [0.15, 0.2) is 0 Å². The van der Waals surface area contributed by atoms with Crippen LogP contribution in [-0.2, 0) is 27.1 Å². The fraction of sp³-hybridized carbons (Fsp3) is 0.273. The fourth-order valence-corrected chi connectivity index (χ4v) is 4.89. The van der Waals surface area contributed by atoms with Crippen LogP contribution in [0.5, 0.6) is 5.75 Å². The van der Waals surface area contributed by atoms with Gasteiger partial charge in [-0.15, -0.1) is 0 Å². The molecule has 1 amide bonds. The van der Waals surface area contributed by atoms with Crippen LogP contribution < -0.4 is 10.1 Å². The number of carbonyl (C=O) groups excluding carboxylic acids is 1. The molecule has 2 heterocycles. The molecular formula is C22H23N3O3S. The molecule has 0 bridgehead atoms. The molecule has 2 atom stereocenters. The molecule has 0 unspecified atom stereocenters. The SMILES string of the molecule is CC[C@@H](C(=O)Nc1c2c(nn1-c1ccc(OC)cc1)C[S@](=O)C2)c1ccccc1. The zero-order chi connectivity index (χ0) is 20.4. The number of aromatic nitrogens is 2. The molecule has 1 aromatic heterocycles. The minimum atomic E-state index is -0.979. The first kappa shape index (κ1) is 19.4. The number of hydrogen-bond donors (Lipinski definition) is 1. The van der Waals surface area contributed by atoms with Crippen LogP contribution in [0, 0.1) is 0 Å². The second kappa shape index (κ2) is 8.21. The van der Waals surface area contributed by atoms with Gasteiger partial charge in [0, 0.05) is 16.4 Å². The van der Waals surface area contributed by atoms with Gasteiger partial charge in [-0.05, 0) is 36.2 Å². The average molecular weight is 410 g/mol. The maximum Gasteiger partial charge on any atom is 0.233 e. The summed E-state index contributed by atoms with van der Waals surface area (Å²) in [4.78, 5) is 13.2. The van der Waals surface area contributed by atoms with Crippen molar-refractivity contribution in [2.45, 2.75) is 30.8 Å². The minimum absolute atomic E-state index is 0.0890. The highest BCUT2D eigenvalue weighted by Crippen LogP contribution is 2.33. The monoisotopic (exact) mass is 409 g/mol. The van der Waals surface area contributed by atoms with Crippen molar-refractivity contribution in [1.29, 1.82) is 0 Å². The summed E-state index contributed by atoms with van der Waals surface area (Å²) >= 11 is 0. The number of methoxy groups -OCH3 is 1. The molecule has 0 radical (unpaired) electrons. The standard InChI is InChI=1S/C22H23N3O3S/c1-3-18(15-7-5-4-6-8-15)22(26)23-21-19-13-29(27)14-20(19)24-25(21)16-9-11-17(28-2)12-10-16/h4-12,18H,3,13-14H2,1-2H3,(H,23,26)/t18-,29-/m1/s1. The van der Waals surface area contributed by atoms with Gasteiger partial charge in [-0.25, -0.2) is 4.68 Å². The lowest BCUT2D eigenvalue weighted by molar-refractivity contribution is -0.117. The van der Waals surface area contributed by atoms with Crippen LogP contribution in [0.15, 0.2) is 54.6 Å². The predicted octanol–water partition coefficient (Wildman–Crippen LogP) is 3.78. The first-order chi connectivity index (χ1) is 14.1. The van der Waals surface area contributed by atoms with Crippen molar-refractivity contribution in [3.8, 4) is 11.4 Å². The summed E-state index contributed by atoms with van der Waals surface area (Å²) < 4.78 is 19.0. The van der Waals surface area contributed by atoms with Crippen LogP contribution in [-0.4, -0.2) is 27.0 Å². The van der Waals surface area contributed by atoms with Crippen LogP contribution in [0.3, 0.4) is 0 Å². The molecule has 0 saturated heterocycles. The Morgan fingerprint density at radius 3 is 2.55 bits per heavy atom. The first-order valence-corrected chi connectivity index (χ1v) is 11.1. The van der Waals surface area contributed by atoms with Gasteiger partial charge < -0.3 is 10.1 Å². The number of anilines is 1. The number of ether oxygens (including phenoxy) is 1. The summed E-state index contributed by atoms with van der Waals surface area (Å²) in [6.45, 7) is 2.00. The highest BCUT2D eigenvalue weighted by Gasteiger charge is 2.30. The van der Waals surface area contributed by atoms with Crippen LogP contribution in [0.1, 0.15) is 36.1 Å². The number of amides is 1. The van der Waals surface area contributed by atoms with E-state index in [1.54, 1.807) is 11.8 Å². The minimum Gasteiger partial charge on any atom is -0.497 e. The molecule has 3 aromatic rings. The summed E-state index contributed by atoms with van der Waals surface area (Å²) in [6, 6.07) is 17.2. The normalized spacial score (nSPS) is 16.3. The number of hydrogen-bond acceptors (Lipinski definition) is 4. The number of nitrogens with zero attached hydrogens (tertiary/aromatic N) is 2. The molecule has 7 heteroatoms. The maximum atomic E-state index is 13.2. The van der Waals surface area contributed by atoms with Gasteiger partial charge >= 0.3 is 0 Å². The van der Waals surface area contributed by atoms with E-state index in [-0.39, 0.29) is 11.8 Å². The van der Waals surface area contributed by atoms with Crippen molar-refractivity contribution in [2.24, 2.45) is 0 Å². The van der Waals surface area contributed by atoms with Crippen LogP contribution in [0.2, 0.25) is 0 Å². The molecule has 0 fully saturated rings. The van der Waals surface area contributed by atoms with Gasteiger partial charge in [-0.1, -0.05) is 37.3 Å². The molecule has 150 valence electrons. The topological polar surface area (TPSA) is 73.2 Å². The molecule has 6 nitrogen and oxygen atoms in total. The third-order valence-electron chi connectivity index (χ3n) is 5.16. The third-order valence-corrected chi connectivity index (χ3v) is 6.36. The van der Waals surface area contributed by atoms with Gasteiger partial charge in [-0.3, -0.25) is 9.00 Å². The quantitative estimate of drug-likeness (QED) is 0.673. The molecule has 29 heavy (non-hydrogen) atoms. The molecule has 0 aliphatic carbocycles. The molecule has 1 N–H and O–H groups in total. The van der Waals surface area contributed by atoms with Gasteiger partial charge in [-0.2, -0.15) is 5.10 Å². The van der Waals surface area contributed by atoms with E-state index < -0.39 is 10.8 Å². The van der Waals surface area contributed by atoms with E-state index in [2.05, 4.69) is 10.4 Å². The Balaban J connectivity index is 1.70. The number of fused-ring (bicyclic) bond motifs is 1. The van der Waals surface area contributed by atoms with Crippen LogP contribution in [0.25, 0.3) is 5.69 Å². The largest absolute Gasteiger partial charge is 0.497 e. The number of nitrogens with one attached hydrogen (secondary N) is 1. The van der Waals surface area contributed by atoms with Crippen molar-refractivity contribution in [2.75, 3.05) is 12.4 Å².